The Kier molecular flexibility index (Phi) is 9.85. The third-order valence-corrected chi connectivity index (χ3v) is 5.70. The van der Waals surface area contributed by atoms with Crippen LogP contribution in [0.5, 0.6) is 5.75 Å². The van der Waals surface area contributed by atoms with Gasteiger partial charge in [0.2, 0.25) is 0 Å². The van der Waals surface area contributed by atoms with Crippen molar-refractivity contribution in [1.29, 1.82) is 0 Å². The quantitative estimate of drug-likeness (QED) is 0.397. The molecule has 0 aromatic heterocycles. The molecule has 3 rings (SSSR count). The Morgan fingerprint density at radius 2 is 1.85 bits per heavy atom. The first kappa shape index (κ1) is 25.6. The summed E-state index contributed by atoms with van der Waals surface area (Å²) in [4.78, 5) is 28.5. The first-order chi connectivity index (χ1) is 16.4. The lowest BCUT2D eigenvalue weighted by Gasteiger charge is -2.16. The predicted octanol–water partition coefficient (Wildman–Crippen LogP) is 3.94. The smallest absolute Gasteiger partial charge is 0.326 e. The summed E-state index contributed by atoms with van der Waals surface area (Å²) in [6, 6.07) is 11.2. The maximum Gasteiger partial charge on any atom is 0.326 e. The zero-order chi connectivity index (χ0) is 24.3. The second-order valence-corrected chi connectivity index (χ2v) is 8.49. The van der Waals surface area contributed by atoms with Crippen LogP contribution in [0.2, 0.25) is 10.0 Å². The molecule has 3 N–H and O–H groups in total. The van der Waals surface area contributed by atoms with E-state index in [1.807, 2.05) is 0 Å². The van der Waals surface area contributed by atoms with Crippen molar-refractivity contribution in [3.63, 3.8) is 0 Å². The van der Waals surface area contributed by atoms with Crippen molar-refractivity contribution in [2.24, 2.45) is 4.99 Å². The average molecular weight is 508 g/mol. The van der Waals surface area contributed by atoms with Crippen LogP contribution in [0.3, 0.4) is 0 Å². The fourth-order valence-electron chi connectivity index (χ4n) is 3.28. The summed E-state index contributed by atoms with van der Waals surface area (Å²) in [5.74, 6) is -1.11. The Morgan fingerprint density at radius 3 is 2.50 bits per heavy atom. The van der Waals surface area contributed by atoms with E-state index in [0.717, 1.165) is 37.9 Å². The van der Waals surface area contributed by atoms with Gasteiger partial charge in [0.25, 0.3) is 11.9 Å². The number of unbranched alkanes of at least 4 members (excludes halogenated alkanes) is 1. The van der Waals surface area contributed by atoms with Crippen LogP contribution < -0.4 is 15.4 Å². The number of rotatable bonds is 11. The Morgan fingerprint density at radius 1 is 1.12 bits per heavy atom. The number of amides is 1. The van der Waals surface area contributed by atoms with Gasteiger partial charge in [0.05, 0.1) is 28.8 Å². The molecule has 2 aromatic carbocycles. The molecular formula is C24H27Cl2N3O5. The van der Waals surface area contributed by atoms with Crippen LogP contribution >= 0.6 is 23.2 Å². The third-order valence-electron chi connectivity index (χ3n) is 5.07. The number of halogens is 2. The summed E-state index contributed by atoms with van der Waals surface area (Å²) in [6.07, 6.45) is 2.83. The normalized spacial score (nSPS) is 13.9. The highest BCUT2D eigenvalue weighted by atomic mass is 35.5. The maximum atomic E-state index is 12.5. The molecule has 1 aliphatic rings. The van der Waals surface area contributed by atoms with Crippen LogP contribution in [0.4, 0.5) is 0 Å². The molecule has 34 heavy (non-hydrogen) atoms. The molecule has 10 heteroatoms. The van der Waals surface area contributed by atoms with Crippen molar-refractivity contribution >= 4 is 41.1 Å². The SMILES string of the molecule is O=C(N[C@H](Cc1ccc(OCCCCNC2=NCCCO2)cc1)C(=O)O)c1c(Cl)cccc1Cl. The summed E-state index contributed by atoms with van der Waals surface area (Å²) in [5, 5.41) is 15.5. The largest absolute Gasteiger partial charge is 0.494 e. The number of carboxylic acids is 1. The topological polar surface area (TPSA) is 109 Å². The molecule has 0 unspecified atom stereocenters. The minimum absolute atomic E-state index is 0.0512. The molecular weight excluding hydrogens is 481 g/mol. The number of nitrogens with zero attached hydrogens (tertiary/aromatic N) is 1. The number of amidine groups is 1. The van der Waals surface area contributed by atoms with Crippen LogP contribution in [0.25, 0.3) is 0 Å². The number of aliphatic imine (C=N–C) groups is 1. The Hall–Kier alpha value is -2.97. The monoisotopic (exact) mass is 507 g/mol. The number of carboxylic acid groups (broad SMARTS) is 1. The standard InChI is InChI=1S/C24H27Cl2N3O5/c25-18-5-3-6-19(26)21(18)22(30)29-20(23(31)32)15-16-7-9-17(10-8-16)33-13-2-1-11-27-24-28-12-4-14-34-24/h3,5-10,20H,1-2,4,11-15H2,(H,27,28)(H,29,30)(H,31,32)/t20-/m1/s1. The first-order valence-corrected chi connectivity index (χ1v) is 11.8. The minimum Gasteiger partial charge on any atom is -0.494 e. The summed E-state index contributed by atoms with van der Waals surface area (Å²) >= 11 is 12.1. The van der Waals surface area contributed by atoms with E-state index in [4.69, 9.17) is 32.7 Å². The first-order valence-electron chi connectivity index (χ1n) is 11.0. The van der Waals surface area contributed by atoms with Crippen LogP contribution in [-0.4, -0.2) is 55.3 Å². The molecule has 2 aromatic rings. The van der Waals surface area contributed by atoms with Gasteiger partial charge in [0.1, 0.15) is 11.8 Å². The van der Waals surface area contributed by atoms with Crippen LogP contribution in [-0.2, 0) is 16.0 Å². The van der Waals surface area contributed by atoms with Gasteiger partial charge in [-0.1, -0.05) is 41.4 Å². The van der Waals surface area contributed by atoms with Crippen LogP contribution in [0, 0.1) is 0 Å². The Bertz CT molecular complexity index is 994. The summed E-state index contributed by atoms with van der Waals surface area (Å²) in [5.41, 5.74) is 0.790. The molecule has 1 aliphatic heterocycles. The Balaban J connectivity index is 1.44. The number of carbonyl (C=O) groups excluding carboxylic acids is 1. The minimum atomic E-state index is -1.16. The summed E-state index contributed by atoms with van der Waals surface area (Å²) < 4.78 is 11.1. The number of ether oxygens (including phenoxy) is 2. The lowest BCUT2D eigenvalue weighted by Crippen LogP contribution is -2.42. The van der Waals surface area contributed by atoms with Crippen molar-refractivity contribution in [2.75, 3.05) is 26.3 Å². The molecule has 0 spiro atoms. The molecule has 1 atom stereocenters. The second kappa shape index (κ2) is 13.1. The van der Waals surface area contributed by atoms with E-state index >= 15 is 0 Å². The zero-order valence-corrected chi connectivity index (χ0v) is 20.1. The van der Waals surface area contributed by atoms with Crippen LogP contribution in [0.15, 0.2) is 47.5 Å². The van der Waals surface area contributed by atoms with E-state index < -0.39 is 17.9 Å². The molecule has 0 aliphatic carbocycles. The van der Waals surface area contributed by atoms with E-state index in [-0.39, 0.29) is 22.0 Å². The molecule has 182 valence electrons. The Labute approximate surface area is 208 Å². The summed E-state index contributed by atoms with van der Waals surface area (Å²) in [7, 11) is 0. The highest BCUT2D eigenvalue weighted by molar-refractivity contribution is 6.39. The molecule has 8 nitrogen and oxygen atoms in total. The maximum absolute atomic E-state index is 12.5. The predicted molar refractivity (Wildman–Crippen MR) is 131 cm³/mol. The van der Waals surface area contributed by atoms with Gasteiger partial charge >= 0.3 is 5.97 Å². The van der Waals surface area contributed by atoms with E-state index in [0.29, 0.717) is 25.0 Å². The molecule has 0 saturated heterocycles. The highest BCUT2D eigenvalue weighted by Crippen LogP contribution is 2.24. The van der Waals surface area contributed by atoms with Gasteiger partial charge in [0.15, 0.2) is 0 Å². The molecule has 0 bridgehead atoms. The number of carbonyl (C=O) groups is 2. The fourth-order valence-corrected chi connectivity index (χ4v) is 3.85. The van der Waals surface area contributed by atoms with Gasteiger partial charge in [-0.3, -0.25) is 4.79 Å². The van der Waals surface area contributed by atoms with Crippen molar-refractivity contribution < 1.29 is 24.2 Å². The van der Waals surface area contributed by atoms with Gasteiger partial charge in [-0.05, 0) is 42.7 Å². The lowest BCUT2D eigenvalue weighted by atomic mass is 10.1. The number of nitrogens with one attached hydrogen (secondary N) is 2. The molecule has 0 fully saturated rings. The van der Waals surface area contributed by atoms with E-state index in [1.54, 1.807) is 30.3 Å². The van der Waals surface area contributed by atoms with Crippen molar-refractivity contribution in [3.05, 3.63) is 63.6 Å². The van der Waals surface area contributed by atoms with Crippen molar-refractivity contribution in [2.45, 2.75) is 31.7 Å². The van der Waals surface area contributed by atoms with Crippen LogP contribution in [0.1, 0.15) is 35.2 Å². The molecule has 1 heterocycles. The van der Waals surface area contributed by atoms with Gasteiger partial charge in [-0.25, -0.2) is 9.79 Å². The third kappa shape index (κ3) is 7.81. The number of benzene rings is 2. The van der Waals surface area contributed by atoms with Gasteiger partial charge in [-0.2, -0.15) is 0 Å². The van der Waals surface area contributed by atoms with Gasteiger partial charge in [-0.15, -0.1) is 0 Å². The average Bonchev–Trinajstić information content (AvgIpc) is 2.82. The van der Waals surface area contributed by atoms with E-state index in [2.05, 4.69) is 15.6 Å². The lowest BCUT2D eigenvalue weighted by molar-refractivity contribution is -0.139. The number of hydrogen-bond acceptors (Lipinski definition) is 6. The molecule has 0 radical (unpaired) electrons. The van der Waals surface area contributed by atoms with Crippen molar-refractivity contribution in [3.8, 4) is 5.75 Å². The fraction of sp³-hybridized carbons (Fsp3) is 0.375. The molecule has 0 saturated carbocycles. The van der Waals surface area contributed by atoms with E-state index in [9.17, 15) is 14.7 Å². The number of hydrogen-bond donors (Lipinski definition) is 3. The summed E-state index contributed by atoms with van der Waals surface area (Å²) in [6.45, 7) is 2.83. The second-order valence-electron chi connectivity index (χ2n) is 7.68. The van der Waals surface area contributed by atoms with E-state index in [1.165, 1.54) is 12.1 Å². The number of aliphatic carboxylic acids is 1. The van der Waals surface area contributed by atoms with Crippen molar-refractivity contribution in [1.82, 2.24) is 10.6 Å². The van der Waals surface area contributed by atoms with Gasteiger partial charge in [0, 0.05) is 25.9 Å². The highest BCUT2D eigenvalue weighted by Gasteiger charge is 2.23. The zero-order valence-electron chi connectivity index (χ0n) is 18.6. The van der Waals surface area contributed by atoms with Gasteiger partial charge < -0.3 is 25.2 Å². The molecule has 1 amide bonds.